The van der Waals surface area contributed by atoms with Crippen LogP contribution in [-0.4, -0.2) is 62.8 Å². The van der Waals surface area contributed by atoms with Crippen LogP contribution in [0.5, 0.6) is 5.75 Å². The minimum atomic E-state index is -1.02. The Hall–Kier alpha value is -3.72. The number of Topliss-reactive ketones (excluding diaryl/α,β-unsaturated/α-hetero) is 1. The van der Waals surface area contributed by atoms with Crippen LogP contribution in [0.25, 0.3) is 5.76 Å². The van der Waals surface area contributed by atoms with E-state index in [4.69, 9.17) is 0 Å². The van der Waals surface area contributed by atoms with Gasteiger partial charge in [-0.3, -0.25) is 19.7 Å². The van der Waals surface area contributed by atoms with Crippen LogP contribution >= 0.6 is 0 Å². The Labute approximate surface area is 209 Å². The topological polar surface area (TPSA) is 124 Å². The molecule has 1 heterocycles. The molecular weight excluding hydrogens is 462 g/mol. The Bertz CT molecular complexity index is 1230. The number of aliphatic hydroxyl groups is 1. The predicted molar refractivity (Wildman–Crippen MR) is 135 cm³/mol. The van der Waals surface area contributed by atoms with Gasteiger partial charge in [0.15, 0.2) is 5.75 Å². The minimum Gasteiger partial charge on any atom is -0.507 e. The Morgan fingerprint density at radius 2 is 1.78 bits per heavy atom. The predicted octanol–water partition coefficient (Wildman–Crippen LogP) is 3.94. The van der Waals surface area contributed by atoms with Gasteiger partial charge in [-0.25, -0.2) is 0 Å². The average Bonchev–Trinajstić information content (AvgIpc) is 3.13. The monoisotopic (exact) mass is 493 g/mol. The number of nitrogens with zero attached hydrogens (tertiary/aromatic N) is 3. The molecule has 0 aromatic heterocycles. The van der Waals surface area contributed by atoms with Crippen molar-refractivity contribution in [3.05, 3.63) is 74.3 Å². The molecule has 0 saturated carbocycles. The van der Waals surface area contributed by atoms with E-state index < -0.39 is 34.1 Å². The van der Waals surface area contributed by atoms with Crippen molar-refractivity contribution in [2.45, 2.75) is 45.6 Å². The quantitative estimate of drug-likeness (QED) is 0.188. The Kier molecular flexibility index (Phi) is 7.40. The number of ketones is 1. The second-order valence-electron chi connectivity index (χ2n) is 9.22. The van der Waals surface area contributed by atoms with Crippen molar-refractivity contribution in [1.29, 1.82) is 0 Å². The Balaban J connectivity index is 1.84. The van der Waals surface area contributed by atoms with Crippen LogP contribution in [-0.2, 0) is 22.4 Å². The third kappa shape index (κ3) is 4.70. The number of rotatable bonds is 8. The lowest BCUT2D eigenvalue weighted by atomic mass is 9.88. The van der Waals surface area contributed by atoms with E-state index in [2.05, 4.69) is 4.90 Å². The van der Waals surface area contributed by atoms with E-state index in [-0.39, 0.29) is 23.4 Å². The zero-order valence-corrected chi connectivity index (χ0v) is 20.6. The zero-order valence-electron chi connectivity index (χ0n) is 20.6. The van der Waals surface area contributed by atoms with Crippen molar-refractivity contribution in [1.82, 2.24) is 9.80 Å². The van der Waals surface area contributed by atoms with E-state index in [1.54, 1.807) is 6.07 Å². The molecule has 1 unspecified atom stereocenters. The second-order valence-corrected chi connectivity index (χ2v) is 9.22. The van der Waals surface area contributed by atoms with Crippen molar-refractivity contribution in [3.63, 3.8) is 0 Å². The maximum absolute atomic E-state index is 13.3. The number of carbonyl (C=O) groups is 2. The molecule has 2 aliphatic rings. The van der Waals surface area contributed by atoms with E-state index in [9.17, 15) is 29.9 Å². The van der Waals surface area contributed by atoms with Crippen molar-refractivity contribution in [2.24, 2.45) is 0 Å². The van der Waals surface area contributed by atoms with Gasteiger partial charge in [0.1, 0.15) is 5.76 Å². The summed E-state index contributed by atoms with van der Waals surface area (Å²) >= 11 is 0. The van der Waals surface area contributed by atoms with Gasteiger partial charge in [-0.1, -0.05) is 32.0 Å². The average molecular weight is 494 g/mol. The van der Waals surface area contributed by atoms with Crippen molar-refractivity contribution in [3.8, 4) is 5.75 Å². The number of phenols is 1. The highest BCUT2D eigenvalue weighted by atomic mass is 16.6. The van der Waals surface area contributed by atoms with Gasteiger partial charge in [-0.15, -0.1) is 0 Å². The number of aromatic hydroxyl groups is 1. The summed E-state index contributed by atoms with van der Waals surface area (Å²) in [4.78, 5) is 40.7. The molecule has 1 fully saturated rings. The summed E-state index contributed by atoms with van der Waals surface area (Å²) in [6.45, 7) is 6.20. The number of aryl methyl sites for hydroxylation is 2. The molecule has 4 rings (SSSR count). The third-order valence-electron chi connectivity index (χ3n) is 7.23. The first-order valence-electron chi connectivity index (χ1n) is 12.4. The lowest BCUT2D eigenvalue weighted by Crippen LogP contribution is -2.38. The molecule has 1 aliphatic carbocycles. The first kappa shape index (κ1) is 25.4. The van der Waals surface area contributed by atoms with Crippen LogP contribution in [0.2, 0.25) is 0 Å². The minimum absolute atomic E-state index is 0.102. The second kappa shape index (κ2) is 10.5. The fourth-order valence-electron chi connectivity index (χ4n) is 5.14. The summed E-state index contributed by atoms with van der Waals surface area (Å²) in [5, 5.41) is 32.8. The van der Waals surface area contributed by atoms with Crippen LogP contribution in [0.3, 0.4) is 0 Å². The number of benzene rings is 2. The van der Waals surface area contributed by atoms with Crippen molar-refractivity contribution >= 4 is 23.1 Å². The zero-order chi connectivity index (χ0) is 26.0. The molecule has 190 valence electrons. The maximum atomic E-state index is 13.3. The molecule has 1 atom stereocenters. The fraction of sp³-hybridized carbons (Fsp3) is 0.407. The maximum Gasteiger partial charge on any atom is 0.311 e. The molecular formula is C27H31N3O6. The van der Waals surface area contributed by atoms with Gasteiger partial charge < -0.3 is 20.0 Å². The van der Waals surface area contributed by atoms with Crippen LogP contribution in [0.4, 0.5) is 5.69 Å². The number of likely N-dealkylation sites (tertiary alicyclic amines) is 1. The molecule has 2 aromatic rings. The van der Waals surface area contributed by atoms with Crippen molar-refractivity contribution < 1.29 is 24.7 Å². The Morgan fingerprint density at radius 3 is 2.44 bits per heavy atom. The smallest absolute Gasteiger partial charge is 0.311 e. The molecule has 9 nitrogen and oxygen atoms in total. The van der Waals surface area contributed by atoms with Crippen LogP contribution < -0.4 is 0 Å². The number of hydrogen-bond acceptors (Lipinski definition) is 7. The van der Waals surface area contributed by atoms with Crippen LogP contribution in [0.1, 0.15) is 55.0 Å². The summed E-state index contributed by atoms with van der Waals surface area (Å²) in [6.07, 6.45) is 3.99. The largest absolute Gasteiger partial charge is 0.507 e. The molecule has 1 saturated heterocycles. The summed E-state index contributed by atoms with van der Waals surface area (Å²) in [7, 11) is 0. The van der Waals surface area contributed by atoms with Crippen LogP contribution in [0, 0.1) is 10.1 Å². The highest BCUT2D eigenvalue weighted by molar-refractivity contribution is 6.46. The number of nitro groups is 1. The van der Waals surface area contributed by atoms with E-state index in [0.717, 1.165) is 50.4 Å². The number of hydrogen-bond donors (Lipinski definition) is 2. The van der Waals surface area contributed by atoms with E-state index in [1.165, 1.54) is 22.6 Å². The van der Waals surface area contributed by atoms with E-state index in [0.29, 0.717) is 12.1 Å². The number of fused-ring (bicyclic) bond motifs is 1. The van der Waals surface area contributed by atoms with Gasteiger partial charge in [0, 0.05) is 24.7 Å². The lowest BCUT2D eigenvalue weighted by molar-refractivity contribution is -0.385. The van der Waals surface area contributed by atoms with Crippen LogP contribution in [0.15, 0.2) is 42.0 Å². The molecule has 1 aliphatic heterocycles. The van der Waals surface area contributed by atoms with Gasteiger partial charge >= 0.3 is 5.69 Å². The van der Waals surface area contributed by atoms with Gasteiger partial charge in [-0.05, 0) is 67.6 Å². The molecule has 36 heavy (non-hydrogen) atoms. The molecule has 0 spiro atoms. The van der Waals surface area contributed by atoms with Crippen molar-refractivity contribution in [2.75, 3.05) is 26.2 Å². The normalized spacial score (nSPS) is 19.1. The lowest BCUT2D eigenvalue weighted by Gasteiger charge is -2.28. The fourth-order valence-corrected chi connectivity index (χ4v) is 5.14. The third-order valence-corrected chi connectivity index (χ3v) is 7.23. The van der Waals surface area contributed by atoms with E-state index in [1.807, 2.05) is 26.0 Å². The molecule has 0 radical (unpaired) electrons. The number of likely N-dealkylation sites (N-methyl/N-ethyl adjacent to an activating group) is 1. The summed E-state index contributed by atoms with van der Waals surface area (Å²) in [6, 6.07) is 8.33. The SMILES string of the molecule is CCN(CC)CCN1C(=O)C(=O)/C(=C(/O)c2ccc3c(c2)CCCC3)C1c1ccc(O)c([N+](=O)[O-])c1. The number of aliphatic hydroxyl groups excluding tert-OH is 1. The summed E-state index contributed by atoms with van der Waals surface area (Å²) in [5.41, 5.74) is 2.40. The summed E-state index contributed by atoms with van der Waals surface area (Å²) in [5.74, 6) is -2.40. The number of nitro benzene ring substituents is 1. The summed E-state index contributed by atoms with van der Waals surface area (Å²) < 4.78 is 0. The Morgan fingerprint density at radius 1 is 1.08 bits per heavy atom. The van der Waals surface area contributed by atoms with Gasteiger partial charge in [-0.2, -0.15) is 0 Å². The first-order chi connectivity index (χ1) is 17.3. The molecule has 9 heteroatoms. The first-order valence-corrected chi connectivity index (χ1v) is 12.4. The molecule has 2 aromatic carbocycles. The molecule has 0 bridgehead atoms. The van der Waals surface area contributed by atoms with Gasteiger partial charge in [0.05, 0.1) is 16.5 Å². The number of amides is 1. The number of carbonyl (C=O) groups excluding carboxylic acids is 2. The highest BCUT2D eigenvalue weighted by Crippen LogP contribution is 2.42. The van der Waals surface area contributed by atoms with Gasteiger partial charge in [0.2, 0.25) is 0 Å². The molecule has 2 N–H and O–H groups in total. The molecule has 1 amide bonds. The van der Waals surface area contributed by atoms with Gasteiger partial charge in [0.25, 0.3) is 11.7 Å². The standard InChI is InChI=1S/C27H31N3O6/c1-3-28(4-2)13-14-29-24(19-11-12-22(31)21(16-19)30(35)36)23(26(33)27(29)34)25(32)20-10-9-17-7-5-6-8-18(17)15-20/h9-12,15-16,24,31-32H,3-8,13-14H2,1-2H3/b25-23+. The van der Waals surface area contributed by atoms with E-state index >= 15 is 0 Å². The number of phenolic OH excluding ortho intramolecular Hbond substituents is 1. The highest BCUT2D eigenvalue weighted by Gasteiger charge is 2.46.